The molecule has 0 unspecified atom stereocenters. The molecular formula is C14H11BrFNO2. The number of halogens is 2. The number of rotatable bonds is 4. The lowest BCUT2D eigenvalue weighted by molar-refractivity contribution is 0.0232. The van der Waals surface area contributed by atoms with Gasteiger partial charge in [-0.2, -0.15) is 0 Å². The van der Waals surface area contributed by atoms with E-state index in [-0.39, 0.29) is 16.6 Å². The van der Waals surface area contributed by atoms with Crippen molar-refractivity contribution >= 4 is 21.8 Å². The molecule has 0 spiro atoms. The molecule has 0 fully saturated rings. The standard InChI is InChI=1S/C14H11BrFNO2/c15-13-11(7-4-8-12(13)16)14(18)17-19-9-10-5-2-1-3-6-10/h1-8H,9H2,(H,17,18). The minimum Gasteiger partial charge on any atom is -0.269 e. The summed E-state index contributed by atoms with van der Waals surface area (Å²) in [4.78, 5) is 16.9. The Kier molecular flexibility index (Phi) is 4.65. The van der Waals surface area contributed by atoms with E-state index in [0.29, 0.717) is 0 Å². The predicted octanol–water partition coefficient (Wildman–Crippen LogP) is 3.45. The first-order valence-corrected chi connectivity index (χ1v) is 6.38. The average Bonchev–Trinajstić information content (AvgIpc) is 2.43. The zero-order valence-corrected chi connectivity index (χ0v) is 11.5. The Balaban J connectivity index is 1.93. The molecule has 0 atom stereocenters. The number of benzene rings is 2. The van der Waals surface area contributed by atoms with Crippen LogP contribution in [0.4, 0.5) is 4.39 Å². The summed E-state index contributed by atoms with van der Waals surface area (Å²) in [7, 11) is 0. The Bertz CT molecular complexity index is 575. The lowest BCUT2D eigenvalue weighted by atomic mass is 10.2. The maximum absolute atomic E-state index is 13.3. The highest BCUT2D eigenvalue weighted by molar-refractivity contribution is 9.10. The van der Waals surface area contributed by atoms with Gasteiger partial charge in [-0.3, -0.25) is 9.63 Å². The Morgan fingerprint density at radius 2 is 1.89 bits per heavy atom. The second kappa shape index (κ2) is 6.45. The molecule has 0 radical (unpaired) electrons. The number of hydrogen-bond acceptors (Lipinski definition) is 2. The third-order valence-electron chi connectivity index (χ3n) is 2.44. The normalized spacial score (nSPS) is 10.2. The smallest absolute Gasteiger partial charge is 0.269 e. The first-order valence-electron chi connectivity index (χ1n) is 5.58. The molecule has 0 bridgehead atoms. The third-order valence-corrected chi connectivity index (χ3v) is 3.25. The second-order valence-electron chi connectivity index (χ2n) is 3.81. The lowest BCUT2D eigenvalue weighted by Gasteiger charge is -2.07. The van der Waals surface area contributed by atoms with Crippen molar-refractivity contribution in [3.8, 4) is 0 Å². The molecule has 0 aliphatic heterocycles. The van der Waals surface area contributed by atoms with Crippen molar-refractivity contribution < 1.29 is 14.0 Å². The van der Waals surface area contributed by atoms with E-state index in [4.69, 9.17) is 4.84 Å². The molecule has 0 heterocycles. The molecule has 2 aromatic carbocycles. The van der Waals surface area contributed by atoms with Crippen LogP contribution < -0.4 is 5.48 Å². The molecule has 19 heavy (non-hydrogen) atoms. The first-order chi connectivity index (χ1) is 9.18. The Hall–Kier alpha value is -1.72. The summed E-state index contributed by atoms with van der Waals surface area (Å²) in [6.45, 7) is 0.250. The lowest BCUT2D eigenvalue weighted by Crippen LogP contribution is -2.24. The molecular weight excluding hydrogens is 313 g/mol. The van der Waals surface area contributed by atoms with Crippen LogP contribution in [0.15, 0.2) is 53.0 Å². The van der Waals surface area contributed by atoms with Crippen molar-refractivity contribution in [1.82, 2.24) is 5.48 Å². The van der Waals surface area contributed by atoms with Crippen LogP contribution in [0.5, 0.6) is 0 Å². The van der Waals surface area contributed by atoms with Gasteiger partial charge >= 0.3 is 0 Å². The van der Waals surface area contributed by atoms with E-state index < -0.39 is 11.7 Å². The fourth-order valence-electron chi connectivity index (χ4n) is 1.49. The van der Waals surface area contributed by atoms with E-state index in [1.807, 2.05) is 30.3 Å². The fraction of sp³-hybridized carbons (Fsp3) is 0.0714. The molecule has 2 aromatic rings. The van der Waals surface area contributed by atoms with Gasteiger partial charge in [0.25, 0.3) is 5.91 Å². The van der Waals surface area contributed by atoms with E-state index in [2.05, 4.69) is 21.4 Å². The van der Waals surface area contributed by atoms with Gasteiger partial charge in [0.2, 0.25) is 0 Å². The maximum atomic E-state index is 13.3. The van der Waals surface area contributed by atoms with Gasteiger partial charge in [-0.25, -0.2) is 9.87 Å². The topological polar surface area (TPSA) is 38.3 Å². The molecule has 0 aliphatic carbocycles. The number of hydroxylamine groups is 1. The summed E-state index contributed by atoms with van der Waals surface area (Å²) < 4.78 is 13.4. The summed E-state index contributed by atoms with van der Waals surface area (Å²) in [5, 5.41) is 0. The highest BCUT2D eigenvalue weighted by atomic mass is 79.9. The SMILES string of the molecule is O=C(NOCc1ccccc1)c1cccc(F)c1Br. The van der Waals surface area contributed by atoms with Crippen molar-refractivity contribution in [2.75, 3.05) is 0 Å². The van der Waals surface area contributed by atoms with Crippen LogP contribution in [0.25, 0.3) is 0 Å². The molecule has 98 valence electrons. The van der Waals surface area contributed by atoms with Crippen LogP contribution in [0.2, 0.25) is 0 Å². The van der Waals surface area contributed by atoms with Crippen LogP contribution in [0, 0.1) is 5.82 Å². The average molecular weight is 324 g/mol. The molecule has 1 N–H and O–H groups in total. The minimum absolute atomic E-state index is 0.121. The Morgan fingerprint density at radius 1 is 1.16 bits per heavy atom. The number of amides is 1. The van der Waals surface area contributed by atoms with E-state index in [1.165, 1.54) is 18.2 Å². The van der Waals surface area contributed by atoms with E-state index in [0.717, 1.165) is 5.56 Å². The van der Waals surface area contributed by atoms with Crippen molar-refractivity contribution in [3.05, 3.63) is 69.9 Å². The maximum Gasteiger partial charge on any atom is 0.276 e. The van der Waals surface area contributed by atoms with Crippen LogP contribution in [-0.4, -0.2) is 5.91 Å². The fourth-order valence-corrected chi connectivity index (χ4v) is 1.94. The second-order valence-corrected chi connectivity index (χ2v) is 4.60. The quantitative estimate of drug-likeness (QED) is 0.875. The minimum atomic E-state index is -0.498. The Morgan fingerprint density at radius 3 is 2.63 bits per heavy atom. The summed E-state index contributed by atoms with van der Waals surface area (Å²) in [5.74, 6) is -0.988. The van der Waals surface area contributed by atoms with Gasteiger partial charge < -0.3 is 0 Å². The molecule has 2 rings (SSSR count). The summed E-state index contributed by atoms with van der Waals surface area (Å²) >= 11 is 3.03. The van der Waals surface area contributed by atoms with Crippen LogP contribution >= 0.6 is 15.9 Å². The Labute approximate surface area is 118 Å². The monoisotopic (exact) mass is 323 g/mol. The molecule has 3 nitrogen and oxygen atoms in total. The van der Waals surface area contributed by atoms with E-state index in [1.54, 1.807) is 0 Å². The summed E-state index contributed by atoms with van der Waals surface area (Å²) in [6, 6.07) is 13.7. The van der Waals surface area contributed by atoms with Crippen molar-refractivity contribution in [3.63, 3.8) is 0 Å². The van der Waals surface area contributed by atoms with Crippen LogP contribution in [0.3, 0.4) is 0 Å². The number of nitrogens with one attached hydrogen (secondary N) is 1. The predicted molar refractivity (Wildman–Crippen MR) is 72.8 cm³/mol. The van der Waals surface area contributed by atoms with Gasteiger partial charge in [0.05, 0.1) is 16.6 Å². The zero-order chi connectivity index (χ0) is 13.7. The van der Waals surface area contributed by atoms with Crippen molar-refractivity contribution in [2.45, 2.75) is 6.61 Å². The van der Waals surface area contributed by atoms with Crippen molar-refractivity contribution in [1.29, 1.82) is 0 Å². The van der Waals surface area contributed by atoms with Gasteiger partial charge in [-0.15, -0.1) is 0 Å². The third kappa shape index (κ3) is 3.62. The van der Waals surface area contributed by atoms with Gasteiger partial charge in [0.1, 0.15) is 5.82 Å². The molecule has 0 saturated carbocycles. The largest absolute Gasteiger partial charge is 0.276 e. The van der Waals surface area contributed by atoms with Gasteiger partial charge in [-0.05, 0) is 33.6 Å². The number of carbonyl (C=O) groups is 1. The molecule has 1 amide bonds. The van der Waals surface area contributed by atoms with Crippen LogP contribution in [-0.2, 0) is 11.4 Å². The van der Waals surface area contributed by atoms with Crippen LogP contribution in [0.1, 0.15) is 15.9 Å². The first kappa shape index (κ1) is 13.7. The molecule has 0 aliphatic rings. The van der Waals surface area contributed by atoms with E-state index in [9.17, 15) is 9.18 Å². The van der Waals surface area contributed by atoms with Gasteiger partial charge in [0.15, 0.2) is 0 Å². The summed E-state index contributed by atoms with van der Waals surface area (Å²) in [6.07, 6.45) is 0. The number of carbonyl (C=O) groups excluding carboxylic acids is 1. The van der Waals surface area contributed by atoms with Crippen molar-refractivity contribution in [2.24, 2.45) is 0 Å². The molecule has 0 aromatic heterocycles. The zero-order valence-electron chi connectivity index (χ0n) is 9.90. The number of hydrogen-bond donors (Lipinski definition) is 1. The van der Waals surface area contributed by atoms with Gasteiger partial charge in [-0.1, -0.05) is 36.4 Å². The molecule has 0 saturated heterocycles. The molecule has 5 heteroatoms. The highest BCUT2D eigenvalue weighted by Gasteiger charge is 2.12. The summed E-state index contributed by atoms with van der Waals surface area (Å²) in [5.41, 5.74) is 3.40. The van der Waals surface area contributed by atoms with E-state index >= 15 is 0 Å². The van der Waals surface area contributed by atoms with Gasteiger partial charge in [0, 0.05) is 0 Å². The highest BCUT2D eigenvalue weighted by Crippen LogP contribution is 2.20.